The summed E-state index contributed by atoms with van der Waals surface area (Å²) in [6, 6.07) is 11.4. The van der Waals surface area contributed by atoms with Crippen LogP contribution in [0.3, 0.4) is 0 Å². The van der Waals surface area contributed by atoms with Gasteiger partial charge >= 0.3 is 0 Å². The van der Waals surface area contributed by atoms with Crippen LogP contribution in [0.2, 0.25) is 0 Å². The molecular weight excluding hydrogens is 297 g/mol. The van der Waals surface area contributed by atoms with Gasteiger partial charge in [-0.05, 0) is 55.3 Å². The van der Waals surface area contributed by atoms with Crippen molar-refractivity contribution in [3.05, 3.63) is 59.4 Å². The number of rotatable bonds is 4. The Hall–Kier alpha value is -2.56. The van der Waals surface area contributed by atoms with Crippen LogP contribution in [0, 0.1) is 5.82 Å². The van der Waals surface area contributed by atoms with Crippen LogP contribution in [-0.2, 0) is 6.42 Å². The molecule has 120 valence electrons. The van der Waals surface area contributed by atoms with E-state index in [-0.39, 0.29) is 24.6 Å². The third-order valence-electron chi connectivity index (χ3n) is 4.04. The van der Waals surface area contributed by atoms with E-state index >= 15 is 0 Å². The van der Waals surface area contributed by atoms with Gasteiger partial charge in [-0.25, -0.2) is 4.39 Å². The fourth-order valence-electron chi connectivity index (χ4n) is 2.54. The van der Waals surface area contributed by atoms with E-state index in [1.807, 2.05) is 25.1 Å². The quantitative estimate of drug-likeness (QED) is 0.869. The van der Waals surface area contributed by atoms with Crippen molar-refractivity contribution in [1.82, 2.24) is 4.90 Å². The summed E-state index contributed by atoms with van der Waals surface area (Å²) in [4.78, 5) is 14.1. The molecule has 3 rings (SSSR count). The molecule has 0 aromatic heterocycles. The molecule has 5 heteroatoms. The topological polar surface area (TPSA) is 38.8 Å². The molecule has 1 heterocycles. The summed E-state index contributed by atoms with van der Waals surface area (Å²) in [6.45, 7) is 2.23. The lowest BCUT2D eigenvalue weighted by molar-refractivity contribution is 0.0743. The number of fused-ring (bicyclic) bond motifs is 1. The second kappa shape index (κ2) is 6.28. The molecule has 0 N–H and O–H groups in total. The van der Waals surface area contributed by atoms with Crippen molar-refractivity contribution in [3.63, 3.8) is 0 Å². The Morgan fingerprint density at radius 3 is 2.61 bits per heavy atom. The van der Waals surface area contributed by atoms with E-state index in [9.17, 15) is 9.18 Å². The highest BCUT2D eigenvalue weighted by molar-refractivity contribution is 5.94. The predicted octanol–water partition coefficient (Wildman–Crippen LogP) is 3.26. The molecule has 0 saturated heterocycles. The second-order valence-corrected chi connectivity index (χ2v) is 5.66. The van der Waals surface area contributed by atoms with Crippen molar-refractivity contribution in [3.8, 4) is 11.5 Å². The first kappa shape index (κ1) is 15.3. The number of likely N-dealkylation sites (N-methyl/N-ethyl adjacent to an activating group) is 1. The van der Waals surface area contributed by atoms with Gasteiger partial charge in [-0.3, -0.25) is 4.79 Å². The molecule has 2 aromatic rings. The van der Waals surface area contributed by atoms with E-state index in [1.165, 1.54) is 24.3 Å². The van der Waals surface area contributed by atoms with Gasteiger partial charge in [0.25, 0.3) is 5.91 Å². The molecule has 0 bridgehead atoms. The maximum Gasteiger partial charge on any atom is 0.253 e. The third kappa shape index (κ3) is 3.28. The minimum atomic E-state index is -0.349. The first-order valence-corrected chi connectivity index (χ1v) is 7.46. The van der Waals surface area contributed by atoms with Crippen LogP contribution in [0.4, 0.5) is 4.39 Å². The molecule has 1 atom stereocenters. The maximum absolute atomic E-state index is 13.0. The second-order valence-electron chi connectivity index (χ2n) is 5.66. The highest BCUT2D eigenvalue weighted by atomic mass is 19.1. The van der Waals surface area contributed by atoms with E-state index < -0.39 is 0 Å². The van der Waals surface area contributed by atoms with Crippen molar-refractivity contribution < 1.29 is 18.7 Å². The Bertz CT molecular complexity index is 715. The summed E-state index contributed by atoms with van der Waals surface area (Å²) in [5.41, 5.74) is 1.55. The van der Waals surface area contributed by atoms with E-state index in [4.69, 9.17) is 9.47 Å². The predicted molar refractivity (Wildman–Crippen MR) is 84.2 cm³/mol. The fraction of sp³-hybridized carbons (Fsp3) is 0.278. The number of hydrogen-bond donors (Lipinski definition) is 0. The van der Waals surface area contributed by atoms with Gasteiger partial charge < -0.3 is 14.4 Å². The van der Waals surface area contributed by atoms with Gasteiger partial charge in [0.05, 0.1) is 0 Å². The van der Waals surface area contributed by atoms with E-state index in [2.05, 4.69) is 0 Å². The lowest BCUT2D eigenvalue weighted by atomic mass is 10.0. The number of hydrogen-bond acceptors (Lipinski definition) is 3. The molecule has 0 fully saturated rings. The number of amides is 1. The number of ether oxygens (including phenoxy) is 2. The summed E-state index contributed by atoms with van der Waals surface area (Å²) in [5, 5.41) is 0. The average Bonchev–Trinajstić information content (AvgIpc) is 3.01. The molecule has 1 aliphatic rings. The molecule has 0 saturated carbocycles. The molecule has 0 unspecified atom stereocenters. The minimum Gasteiger partial charge on any atom is -0.454 e. The summed E-state index contributed by atoms with van der Waals surface area (Å²) >= 11 is 0. The summed E-state index contributed by atoms with van der Waals surface area (Å²) in [5.74, 6) is 1.01. The lowest BCUT2D eigenvalue weighted by Gasteiger charge is -2.25. The van der Waals surface area contributed by atoms with Crippen LogP contribution in [-0.4, -0.2) is 30.7 Å². The molecule has 4 nitrogen and oxygen atoms in total. The number of benzene rings is 2. The smallest absolute Gasteiger partial charge is 0.253 e. The highest BCUT2D eigenvalue weighted by Crippen LogP contribution is 2.33. The van der Waals surface area contributed by atoms with Crippen LogP contribution in [0.15, 0.2) is 42.5 Å². The summed E-state index contributed by atoms with van der Waals surface area (Å²) in [7, 11) is 1.75. The Labute approximate surface area is 134 Å². The normalized spacial score (nSPS) is 13.7. The van der Waals surface area contributed by atoms with Gasteiger partial charge in [-0.15, -0.1) is 0 Å². The molecule has 0 spiro atoms. The standard InChI is InChI=1S/C18H18FNO3/c1-12(9-13-3-8-16-17(10-13)23-11-22-16)20(2)18(21)14-4-6-15(19)7-5-14/h3-8,10,12H,9,11H2,1-2H3/t12-/m0/s1. The zero-order valence-electron chi connectivity index (χ0n) is 13.1. The van der Waals surface area contributed by atoms with Gasteiger partial charge in [0.2, 0.25) is 6.79 Å². The molecular formula is C18H18FNO3. The van der Waals surface area contributed by atoms with E-state index in [1.54, 1.807) is 11.9 Å². The van der Waals surface area contributed by atoms with Crippen LogP contribution in [0.5, 0.6) is 11.5 Å². The van der Waals surface area contributed by atoms with Gasteiger partial charge in [0.15, 0.2) is 11.5 Å². The molecule has 1 amide bonds. The monoisotopic (exact) mass is 315 g/mol. The maximum atomic E-state index is 13.0. The Kier molecular flexibility index (Phi) is 4.19. The Morgan fingerprint density at radius 1 is 1.17 bits per heavy atom. The molecule has 2 aromatic carbocycles. The zero-order chi connectivity index (χ0) is 16.4. The van der Waals surface area contributed by atoms with Gasteiger partial charge in [0, 0.05) is 18.7 Å². The van der Waals surface area contributed by atoms with Crippen LogP contribution in [0.1, 0.15) is 22.8 Å². The molecule has 0 aliphatic carbocycles. The van der Waals surface area contributed by atoms with E-state index in [0.717, 1.165) is 17.1 Å². The molecule has 1 aliphatic heterocycles. The van der Waals surface area contributed by atoms with Crippen molar-refractivity contribution >= 4 is 5.91 Å². The Morgan fingerprint density at radius 2 is 1.87 bits per heavy atom. The van der Waals surface area contributed by atoms with Crippen LogP contribution < -0.4 is 9.47 Å². The zero-order valence-corrected chi connectivity index (χ0v) is 13.1. The van der Waals surface area contributed by atoms with Crippen molar-refractivity contribution in [1.29, 1.82) is 0 Å². The largest absolute Gasteiger partial charge is 0.454 e. The van der Waals surface area contributed by atoms with Gasteiger partial charge in [-0.1, -0.05) is 6.07 Å². The first-order chi connectivity index (χ1) is 11.0. The van der Waals surface area contributed by atoms with Crippen LogP contribution >= 0.6 is 0 Å². The summed E-state index contributed by atoms with van der Waals surface area (Å²) in [6.07, 6.45) is 0.695. The molecule has 0 radical (unpaired) electrons. The molecule has 23 heavy (non-hydrogen) atoms. The van der Waals surface area contributed by atoms with Crippen molar-refractivity contribution in [2.24, 2.45) is 0 Å². The number of nitrogens with zero attached hydrogens (tertiary/aromatic N) is 1. The first-order valence-electron chi connectivity index (χ1n) is 7.46. The van der Waals surface area contributed by atoms with Crippen LogP contribution in [0.25, 0.3) is 0 Å². The van der Waals surface area contributed by atoms with Gasteiger partial charge in [-0.2, -0.15) is 0 Å². The number of halogens is 1. The number of carbonyl (C=O) groups is 1. The average molecular weight is 315 g/mol. The van der Waals surface area contributed by atoms with Gasteiger partial charge in [0.1, 0.15) is 5.82 Å². The fourth-order valence-corrected chi connectivity index (χ4v) is 2.54. The third-order valence-corrected chi connectivity index (χ3v) is 4.04. The summed E-state index contributed by atoms with van der Waals surface area (Å²) < 4.78 is 23.6. The van der Waals surface area contributed by atoms with Crippen molar-refractivity contribution in [2.75, 3.05) is 13.8 Å². The van der Waals surface area contributed by atoms with Crippen molar-refractivity contribution in [2.45, 2.75) is 19.4 Å². The highest BCUT2D eigenvalue weighted by Gasteiger charge is 2.19. The Balaban J connectivity index is 1.68. The van der Waals surface area contributed by atoms with E-state index in [0.29, 0.717) is 12.0 Å². The lowest BCUT2D eigenvalue weighted by Crippen LogP contribution is -2.36. The number of carbonyl (C=O) groups excluding carboxylic acids is 1. The minimum absolute atomic E-state index is 0.00655. The SMILES string of the molecule is C[C@@H](Cc1ccc2c(c1)OCO2)N(C)C(=O)c1ccc(F)cc1.